The highest BCUT2D eigenvalue weighted by Crippen LogP contribution is 2.31. The minimum Gasteiger partial charge on any atom is -0.497 e. The molecule has 1 saturated heterocycles. The summed E-state index contributed by atoms with van der Waals surface area (Å²) in [5.74, 6) is 1.57. The van der Waals surface area contributed by atoms with Gasteiger partial charge in [-0.2, -0.15) is 5.10 Å². The van der Waals surface area contributed by atoms with E-state index in [-0.39, 0.29) is 12.5 Å². The molecular formula is C24H28N4O3. The van der Waals surface area contributed by atoms with Gasteiger partial charge in [0.25, 0.3) is 0 Å². The number of amides is 1. The van der Waals surface area contributed by atoms with Crippen molar-refractivity contribution in [2.75, 3.05) is 43.6 Å². The number of morpholine rings is 1. The van der Waals surface area contributed by atoms with Gasteiger partial charge in [-0.3, -0.25) is 9.48 Å². The van der Waals surface area contributed by atoms with Gasteiger partial charge in [-0.25, -0.2) is 0 Å². The zero-order valence-electron chi connectivity index (χ0n) is 18.0. The van der Waals surface area contributed by atoms with Crippen molar-refractivity contribution in [3.05, 3.63) is 60.3 Å². The number of ether oxygens (including phenoxy) is 2. The third-order valence-corrected chi connectivity index (χ3v) is 5.38. The van der Waals surface area contributed by atoms with Gasteiger partial charge in [0.1, 0.15) is 12.3 Å². The van der Waals surface area contributed by atoms with Crippen molar-refractivity contribution in [2.24, 2.45) is 0 Å². The molecule has 1 amide bonds. The summed E-state index contributed by atoms with van der Waals surface area (Å²) in [6.07, 6.45) is 2.87. The molecule has 1 fully saturated rings. The Kier molecular flexibility index (Phi) is 6.52. The van der Waals surface area contributed by atoms with Crippen LogP contribution in [0.2, 0.25) is 0 Å². The summed E-state index contributed by atoms with van der Waals surface area (Å²) in [7, 11) is 1.65. The van der Waals surface area contributed by atoms with E-state index in [2.05, 4.69) is 23.2 Å². The molecule has 2 aromatic carbocycles. The second-order valence-electron chi connectivity index (χ2n) is 7.49. The summed E-state index contributed by atoms with van der Waals surface area (Å²) in [5, 5.41) is 7.74. The molecule has 7 heteroatoms. The highest BCUT2D eigenvalue weighted by atomic mass is 16.5. The highest BCUT2D eigenvalue weighted by Gasteiger charge is 2.21. The van der Waals surface area contributed by atoms with Gasteiger partial charge in [0.2, 0.25) is 5.91 Å². The molecule has 1 aliphatic rings. The van der Waals surface area contributed by atoms with E-state index >= 15 is 0 Å². The summed E-state index contributed by atoms with van der Waals surface area (Å²) in [5.41, 5.74) is 4.02. The topological polar surface area (TPSA) is 68.6 Å². The number of aromatic nitrogens is 2. The summed E-state index contributed by atoms with van der Waals surface area (Å²) in [6.45, 7) is 5.13. The second kappa shape index (κ2) is 9.66. The van der Waals surface area contributed by atoms with E-state index in [1.165, 1.54) is 5.56 Å². The molecule has 0 atom stereocenters. The van der Waals surface area contributed by atoms with Gasteiger partial charge >= 0.3 is 0 Å². The third kappa shape index (κ3) is 5.06. The summed E-state index contributed by atoms with van der Waals surface area (Å²) in [4.78, 5) is 14.9. The maximum absolute atomic E-state index is 12.7. The number of nitrogens with one attached hydrogen (secondary N) is 1. The average molecular weight is 421 g/mol. The molecule has 0 aliphatic carbocycles. The first-order valence-electron chi connectivity index (χ1n) is 10.6. The van der Waals surface area contributed by atoms with Gasteiger partial charge in [0, 0.05) is 30.5 Å². The lowest BCUT2D eigenvalue weighted by molar-refractivity contribution is -0.116. The number of hydrogen-bond acceptors (Lipinski definition) is 5. The summed E-state index contributed by atoms with van der Waals surface area (Å²) >= 11 is 0. The van der Waals surface area contributed by atoms with Crippen molar-refractivity contribution in [1.82, 2.24) is 9.78 Å². The molecule has 2 heterocycles. The number of methoxy groups -OCH3 is 1. The number of aryl methyl sites for hydroxylation is 1. The lowest BCUT2D eigenvalue weighted by Gasteiger charge is -2.27. The fourth-order valence-corrected chi connectivity index (χ4v) is 3.69. The number of benzene rings is 2. The van der Waals surface area contributed by atoms with E-state index in [9.17, 15) is 4.79 Å². The molecule has 0 bridgehead atoms. The summed E-state index contributed by atoms with van der Waals surface area (Å²) < 4.78 is 12.5. The van der Waals surface area contributed by atoms with E-state index in [1.807, 2.05) is 48.7 Å². The minimum atomic E-state index is -0.106. The number of anilines is 2. The van der Waals surface area contributed by atoms with Crippen LogP contribution in [-0.4, -0.2) is 49.1 Å². The molecule has 3 aromatic rings. The Morgan fingerprint density at radius 1 is 1.16 bits per heavy atom. The number of rotatable bonds is 7. The number of carbonyl (C=O) groups excluding carboxylic acids is 1. The maximum Gasteiger partial charge on any atom is 0.246 e. The monoisotopic (exact) mass is 420 g/mol. The van der Waals surface area contributed by atoms with Crippen molar-refractivity contribution in [3.8, 4) is 16.9 Å². The van der Waals surface area contributed by atoms with Crippen LogP contribution in [-0.2, 0) is 22.5 Å². The van der Waals surface area contributed by atoms with Gasteiger partial charge in [0.05, 0.1) is 20.3 Å². The zero-order valence-corrected chi connectivity index (χ0v) is 18.0. The van der Waals surface area contributed by atoms with E-state index in [4.69, 9.17) is 14.6 Å². The molecule has 0 unspecified atom stereocenters. The fourth-order valence-electron chi connectivity index (χ4n) is 3.69. The Balaban J connectivity index is 1.56. The normalized spacial score (nSPS) is 13.8. The van der Waals surface area contributed by atoms with Crippen LogP contribution in [0, 0.1) is 0 Å². The molecule has 0 spiro atoms. The SMILES string of the molecule is CCc1cccc(NC(=O)Cn2cc(-c3ccc(OC)cc3)c(N3CCOCC3)n2)c1. The lowest BCUT2D eigenvalue weighted by Crippen LogP contribution is -2.36. The highest BCUT2D eigenvalue weighted by molar-refractivity contribution is 5.90. The van der Waals surface area contributed by atoms with Crippen LogP contribution in [0.4, 0.5) is 11.5 Å². The molecular weight excluding hydrogens is 392 g/mol. The number of nitrogens with zero attached hydrogens (tertiary/aromatic N) is 3. The van der Waals surface area contributed by atoms with Crippen molar-refractivity contribution >= 4 is 17.4 Å². The molecule has 31 heavy (non-hydrogen) atoms. The quantitative estimate of drug-likeness (QED) is 0.633. The third-order valence-electron chi connectivity index (χ3n) is 5.38. The number of carbonyl (C=O) groups is 1. The van der Waals surface area contributed by atoms with Crippen LogP contribution in [0.15, 0.2) is 54.7 Å². The van der Waals surface area contributed by atoms with E-state index in [0.29, 0.717) is 13.2 Å². The van der Waals surface area contributed by atoms with Crippen molar-refractivity contribution in [1.29, 1.82) is 0 Å². The predicted molar refractivity (Wildman–Crippen MR) is 122 cm³/mol. The van der Waals surface area contributed by atoms with Crippen molar-refractivity contribution in [3.63, 3.8) is 0 Å². The Morgan fingerprint density at radius 2 is 1.94 bits per heavy atom. The molecule has 7 nitrogen and oxygen atoms in total. The Bertz CT molecular complexity index is 1020. The molecule has 0 radical (unpaired) electrons. The first-order chi connectivity index (χ1) is 15.2. The Labute approximate surface area is 182 Å². The predicted octanol–water partition coefficient (Wildman–Crippen LogP) is 3.60. The molecule has 1 aromatic heterocycles. The van der Waals surface area contributed by atoms with Crippen molar-refractivity contribution in [2.45, 2.75) is 19.9 Å². The second-order valence-corrected chi connectivity index (χ2v) is 7.49. The van der Waals surface area contributed by atoms with Crippen LogP contribution in [0.25, 0.3) is 11.1 Å². The van der Waals surface area contributed by atoms with Crippen LogP contribution >= 0.6 is 0 Å². The van der Waals surface area contributed by atoms with Gasteiger partial charge in [-0.1, -0.05) is 31.2 Å². The number of hydrogen-bond donors (Lipinski definition) is 1. The van der Waals surface area contributed by atoms with Crippen LogP contribution in [0.3, 0.4) is 0 Å². The molecule has 0 saturated carbocycles. The smallest absolute Gasteiger partial charge is 0.246 e. The standard InChI is InChI=1S/C24H28N4O3/c1-3-18-5-4-6-20(15-18)25-23(29)17-28-16-22(19-7-9-21(30-2)10-8-19)24(26-28)27-11-13-31-14-12-27/h4-10,15-16H,3,11-14,17H2,1-2H3,(H,25,29). The molecule has 162 valence electrons. The molecule has 4 rings (SSSR count). The molecule has 1 aliphatic heterocycles. The van der Waals surface area contributed by atoms with Crippen LogP contribution < -0.4 is 15.0 Å². The van der Waals surface area contributed by atoms with Gasteiger partial charge < -0.3 is 19.7 Å². The maximum atomic E-state index is 12.7. The van der Waals surface area contributed by atoms with Crippen LogP contribution in [0.5, 0.6) is 5.75 Å². The van der Waals surface area contributed by atoms with Crippen LogP contribution in [0.1, 0.15) is 12.5 Å². The van der Waals surface area contributed by atoms with Gasteiger partial charge in [-0.05, 0) is 41.8 Å². The first kappa shape index (κ1) is 20.9. The lowest BCUT2D eigenvalue weighted by atomic mass is 10.1. The van der Waals surface area contributed by atoms with E-state index in [0.717, 1.165) is 47.9 Å². The van der Waals surface area contributed by atoms with Crippen molar-refractivity contribution < 1.29 is 14.3 Å². The Hall–Kier alpha value is -3.32. The average Bonchev–Trinajstić information content (AvgIpc) is 3.23. The van der Waals surface area contributed by atoms with E-state index < -0.39 is 0 Å². The zero-order chi connectivity index (χ0) is 21.6. The van der Waals surface area contributed by atoms with E-state index in [1.54, 1.807) is 11.8 Å². The minimum absolute atomic E-state index is 0.106. The Morgan fingerprint density at radius 3 is 2.65 bits per heavy atom. The first-order valence-corrected chi connectivity index (χ1v) is 10.6. The van der Waals surface area contributed by atoms with Gasteiger partial charge in [-0.15, -0.1) is 0 Å². The largest absolute Gasteiger partial charge is 0.497 e. The van der Waals surface area contributed by atoms with Gasteiger partial charge in [0.15, 0.2) is 5.82 Å². The summed E-state index contributed by atoms with van der Waals surface area (Å²) in [6, 6.07) is 15.8. The fraction of sp³-hybridized carbons (Fsp3) is 0.333. The molecule has 1 N–H and O–H groups in total.